The summed E-state index contributed by atoms with van der Waals surface area (Å²) >= 11 is 5.98. The molecule has 7 nitrogen and oxygen atoms in total. The van der Waals surface area contributed by atoms with E-state index in [1.165, 1.54) is 17.3 Å². The zero-order valence-electron chi connectivity index (χ0n) is 11.7. The van der Waals surface area contributed by atoms with Gasteiger partial charge in [0.05, 0.1) is 11.3 Å². The molecular formula is C14H15ClN4O3. The van der Waals surface area contributed by atoms with Crippen molar-refractivity contribution >= 4 is 17.5 Å². The van der Waals surface area contributed by atoms with Gasteiger partial charge in [0.2, 0.25) is 0 Å². The molecule has 116 valence electrons. The number of hydrogen-bond acceptors (Lipinski definition) is 5. The van der Waals surface area contributed by atoms with Crippen molar-refractivity contribution < 1.29 is 14.4 Å². The molecule has 1 saturated heterocycles. The van der Waals surface area contributed by atoms with Crippen LogP contribution in [0.15, 0.2) is 30.9 Å². The highest BCUT2D eigenvalue weighted by atomic mass is 35.5. The maximum absolute atomic E-state index is 12.3. The lowest BCUT2D eigenvalue weighted by atomic mass is 10.1. The van der Waals surface area contributed by atoms with E-state index in [0.29, 0.717) is 22.9 Å². The molecule has 0 radical (unpaired) electrons. The lowest BCUT2D eigenvalue weighted by molar-refractivity contribution is -0.186. The minimum Gasteiger partial charge on any atom is -0.350 e. The Hall–Kier alpha value is -1.96. The van der Waals surface area contributed by atoms with E-state index in [2.05, 4.69) is 15.6 Å². The summed E-state index contributed by atoms with van der Waals surface area (Å²) in [4.78, 5) is 21.5. The van der Waals surface area contributed by atoms with Crippen molar-refractivity contribution in [3.05, 3.63) is 41.4 Å². The van der Waals surface area contributed by atoms with Gasteiger partial charge in [-0.05, 0) is 31.0 Å². The third-order valence-electron chi connectivity index (χ3n) is 3.29. The van der Waals surface area contributed by atoms with E-state index in [0.717, 1.165) is 19.3 Å². The molecular weight excluding hydrogens is 308 g/mol. The molecule has 1 aromatic carbocycles. The average Bonchev–Trinajstić information content (AvgIpc) is 3.08. The number of carbonyl (C=O) groups excluding carboxylic acids is 1. The van der Waals surface area contributed by atoms with E-state index in [4.69, 9.17) is 21.2 Å². The summed E-state index contributed by atoms with van der Waals surface area (Å²) in [6.07, 6.45) is 5.27. The molecule has 1 fully saturated rings. The Morgan fingerprint density at radius 2 is 2.36 bits per heavy atom. The highest BCUT2D eigenvalue weighted by Crippen LogP contribution is 2.19. The molecule has 8 heteroatoms. The molecule has 22 heavy (non-hydrogen) atoms. The molecule has 2 aromatic rings. The molecule has 3 rings (SSSR count). The molecule has 1 unspecified atom stereocenters. The number of rotatable bonds is 4. The van der Waals surface area contributed by atoms with Gasteiger partial charge < -0.3 is 4.74 Å². The van der Waals surface area contributed by atoms with Gasteiger partial charge in [-0.1, -0.05) is 11.6 Å². The maximum atomic E-state index is 12.3. The first kappa shape index (κ1) is 15.0. The number of aromatic nitrogens is 3. The summed E-state index contributed by atoms with van der Waals surface area (Å²) in [5.41, 5.74) is 3.32. The van der Waals surface area contributed by atoms with E-state index in [-0.39, 0.29) is 0 Å². The van der Waals surface area contributed by atoms with E-state index in [1.807, 2.05) is 0 Å². The molecule has 0 spiro atoms. The number of hydrogen-bond donors (Lipinski definition) is 1. The number of hydroxylamine groups is 1. The Kier molecular flexibility index (Phi) is 4.67. The van der Waals surface area contributed by atoms with Gasteiger partial charge in [0.1, 0.15) is 12.7 Å². The van der Waals surface area contributed by atoms with E-state index in [1.54, 1.807) is 18.2 Å². The van der Waals surface area contributed by atoms with Gasteiger partial charge in [-0.2, -0.15) is 5.10 Å². The van der Waals surface area contributed by atoms with Crippen molar-refractivity contribution in [1.82, 2.24) is 20.2 Å². The number of carbonyl (C=O) groups is 1. The Morgan fingerprint density at radius 1 is 1.45 bits per heavy atom. The van der Waals surface area contributed by atoms with E-state index < -0.39 is 12.2 Å². The second kappa shape index (κ2) is 6.87. The summed E-state index contributed by atoms with van der Waals surface area (Å²) < 4.78 is 6.89. The van der Waals surface area contributed by atoms with Crippen molar-refractivity contribution in [3.63, 3.8) is 0 Å². The molecule has 1 aliphatic heterocycles. The molecule has 1 aliphatic rings. The van der Waals surface area contributed by atoms with Gasteiger partial charge in [-0.25, -0.2) is 20.0 Å². The summed E-state index contributed by atoms with van der Waals surface area (Å²) in [5.74, 6) is -0.415. The lowest BCUT2D eigenvalue weighted by Gasteiger charge is -2.22. The topological polar surface area (TPSA) is 78.3 Å². The fourth-order valence-corrected chi connectivity index (χ4v) is 2.37. The first-order valence-corrected chi connectivity index (χ1v) is 7.34. The number of nitrogens with one attached hydrogen (secondary N) is 1. The first-order chi connectivity index (χ1) is 10.7. The van der Waals surface area contributed by atoms with E-state index in [9.17, 15) is 4.79 Å². The van der Waals surface area contributed by atoms with Gasteiger partial charge in [0.25, 0.3) is 5.91 Å². The van der Waals surface area contributed by atoms with Crippen LogP contribution in [0.4, 0.5) is 0 Å². The molecule has 2 heterocycles. The van der Waals surface area contributed by atoms with E-state index >= 15 is 0 Å². The fraction of sp³-hybridized carbons (Fsp3) is 0.357. The normalized spacial score (nSPS) is 18.1. The Morgan fingerprint density at radius 3 is 3.09 bits per heavy atom. The van der Waals surface area contributed by atoms with Crippen molar-refractivity contribution in [2.45, 2.75) is 25.6 Å². The predicted molar refractivity (Wildman–Crippen MR) is 78.5 cm³/mol. The van der Waals surface area contributed by atoms with Gasteiger partial charge >= 0.3 is 0 Å². The van der Waals surface area contributed by atoms with Gasteiger partial charge in [-0.3, -0.25) is 4.79 Å². The summed E-state index contributed by atoms with van der Waals surface area (Å²) in [6.45, 7) is 0.641. The van der Waals surface area contributed by atoms with Crippen LogP contribution in [0.5, 0.6) is 0 Å². The maximum Gasteiger partial charge on any atom is 0.277 e. The van der Waals surface area contributed by atoms with Crippen molar-refractivity contribution in [3.8, 4) is 5.69 Å². The van der Waals surface area contributed by atoms with Crippen molar-refractivity contribution in [2.24, 2.45) is 0 Å². The molecule has 1 N–H and O–H groups in total. The third kappa shape index (κ3) is 3.44. The van der Waals surface area contributed by atoms with Crippen LogP contribution in [0.1, 0.15) is 29.6 Å². The molecule has 0 bridgehead atoms. The number of nitrogens with zero attached hydrogens (tertiary/aromatic N) is 3. The lowest BCUT2D eigenvalue weighted by Crippen LogP contribution is -2.33. The Balaban J connectivity index is 1.75. The zero-order valence-corrected chi connectivity index (χ0v) is 12.5. The SMILES string of the molecule is O=C(NOC1CCCCO1)c1cc(Cl)ccc1-n1cncn1. The van der Waals surface area contributed by atoms with Crippen LogP contribution in [-0.2, 0) is 9.57 Å². The van der Waals surface area contributed by atoms with Crippen molar-refractivity contribution in [2.75, 3.05) is 6.61 Å². The number of amides is 1. The second-order valence-corrected chi connectivity index (χ2v) is 5.28. The number of halogens is 1. The van der Waals surface area contributed by atoms with Crippen LogP contribution in [0.25, 0.3) is 5.69 Å². The van der Waals surface area contributed by atoms with Crippen LogP contribution < -0.4 is 5.48 Å². The predicted octanol–water partition coefficient (Wildman–Crippen LogP) is 2.11. The molecule has 0 aliphatic carbocycles. The Labute approximate surface area is 132 Å². The fourth-order valence-electron chi connectivity index (χ4n) is 2.20. The third-order valence-corrected chi connectivity index (χ3v) is 3.52. The standard InChI is InChI=1S/C14H15ClN4O3/c15-10-4-5-12(19-9-16-8-17-19)11(7-10)14(20)18-22-13-3-1-2-6-21-13/h4-5,7-9,13H,1-3,6H2,(H,18,20). The van der Waals surface area contributed by atoms with Gasteiger partial charge in [0, 0.05) is 18.1 Å². The quantitative estimate of drug-likeness (QED) is 0.872. The highest BCUT2D eigenvalue weighted by molar-refractivity contribution is 6.31. The Bertz CT molecular complexity index is 642. The highest BCUT2D eigenvalue weighted by Gasteiger charge is 2.19. The van der Waals surface area contributed by atoms with Crippen LogP contribution in [-0.4, -0.2) is 33.6 Å². The minimum absolute atomic E-state index is 0.341. The zero-order chi connectivity index (χ0) is 15.4. The van der Waals surface area contributed by atoms with Crippen LogP contribution in [0.3, 0.4) is 0 Å². The largest absolute Gasteiger partial charge is 0.350 e. The minimum atomic E-state index is -0.415. The molecule has 0 saturated carbocycles. The van der Waals surface area contributed by atoms with Crippen LogP contribution >= 0.6 is 11.6 Å². The summed E-state index contributed by atoms with van der Waals surface area (Å²) in [7, 11) is 0. The molecule has 1 amide bonds. The first-order valence-electron chi connectivity index (χ1n) is 6.96. The average molecular weight is 323 g/mol. The number of benzene rings is 1. The van der Waals surface area contributed by atoms with Crippen LogP contribution in [0.2, 0.25) is 5.02 Å². The molecule has 1 atom stereocenters. The summed E-state index contributed by atoms with van der Waals surface area (Å²) in [5, 5.41) is 4.47. The summed E-state index contributed by atoms with van der Waals surface area (Å²) in [6, 6.07) is 4.93. The van der Waals surface area contributed by atoms with Crippen molar-refractivity contribution in [1.29, 1.82) is 0 Å². The second-order valence-electron chi connectivity index (χ2n) is 4.85. The number of ether oxygens (including phenoxy) is 1. The smallest absolute Gasteiger partial charge is 0.277 e. The molecule has 1 aromatic heterocycles. The van der Waals surface area contributed by atoms with Gasteiger partial charge in [-0.15, -0.1) is 0 Å². The van der Waals surface area contributed by atoms with Gasteiger partial charge in [0.15, 0.2) is 6.29 Å². The van der Waals surface area contributed by atoms with Crippen LogP contribution in [0, 0.1) is 0 Å². The monoisotopic (exact) mass is 322 g/mol.